The summed E-state index contributed by atoms with van der Waals surface area (Å²) in [6, 6.07) is 13.7. The number of barbiturate groups is 1. The number of nitrogens with one attached hydrogen (secondary N) is 1. The van der Waals surface area contributed by atoms with Crippen molar-refractivity contribution in [3.8, 4) is 5.75 Å². The molecule has 152 valence electrons. The molecule has 1 saturated heterocycles. The van der Waals surface area contributed by atoms with Gasteiger partial charge in [0, 0.05) is 29.2 Å². The molecule has 0 radical (unpaired) electrons. The monoisotopic (exact) mass is 403 g/mol. The molecule has 4 rings (SSSR count). The summed E-state index contributed by atoms with van der Waals surface area (Å²) in [5.41, 5.74) is 1.92. The van der Waals surface area contributed by atoms with Crippen LogP contribution in [0.2, 0.25) is 0 Å². The van der Waals surface area contributed by atoms with E-state index in [2.05, 4.69) is 16.8 Å². The number of aromatic nitrogens is 1. The lowest BCUT2D eigenvalue weighted by molar-refractivity contribution is -0.122. The lowest BCUT2D eigenvalue weighted by Crippen LogP contribution is -2.54. The molecule has 1 N–H and O–H groups in total. The molecule has 4 amide bonds. The van der Waals surface area contributed by atoms with Crippen molar-refractivity contribution < 1.29 is 19.1 Å². The minimum absolute atomic E-state index is 0.111. The van der Waals surface area contributed by atoms with Gasteiger partial charge in [-0.15, -0.1) is 0 Å². The van der Waals surface area contributed by atoms with Crippen LogP contribution >= 0.6 is 0 Å². The van der Waals surface area contributed by atoms with Crippen LogP contribution in [0.15, 0.2) is 60.3 Å². The first-order valence-electron chi connectivity index (χ1n) is 9.67. The first kappa shape index (κ1) is 19.4. The number of hydrogen-bond acceptors (Lipinski definition) is 4. The second-order valence-corrected chi connectivity index (χ2v) is 6.92. The number of carbonyl (C=O) groups is 3. The molecular formula is C23H21N3O4. The van der Waals surface area contributed by atoms with E-state index in [-0.39, 0.29) is 11.3 Å². The highest BCUT2D eigenvalue weighted by molar-refractivity contribution is 6.39. The number of methoxy groups -OCH3 is 1. The average molecular weight is 403 g/mol. The number of aryl methyl sites for hydroxylation is 1. The predicted octanol–water partition coefficient (Wildman–Crippen LogP) is 3.73. The highest BCUT2D eigenvalue weighted by Crippen LogP contribution is 2.31. The SMILES string of the molecule is CCCn1cc(/C=C2\C(=O)NC(=O)N(c3ccccc3OC)C2=O)c2ccccc21. The molecule has 7 nitrogen and oxygen atoms in total. The number of para-hydroxylation sites is 3. The molecule has 1 aliphatic rings. The maximum atomic E-state index is 13.2. The number of fused-ring (bicyclic) bond motifs is 1. The molecule has 0 bridgehead atoms. The maximum Gasteiger partial charge on any atom is 0.336 e. The minimum atomic E-state index is -0.805. The highest BCUT2D eigenvalue weighted by atomic mass is 16.5. The summed E-state index contributed by atoms with van der Waals surface area (Å²) in [4.78, 5) is 39.1. The normalized spacial score (nSPS) is 15.7. The molecular weight excluding hydrogens is 382 g/mol. The van der Waals surface area contributed by atoms with Crippen LogP contribution in [0, 0.1) is 0 Å². The third-order valence-corrected chi connectivity index (χ3v) is 5.01. The minimum Gasteiger partial charge on any atom is -0.495 e. The number of hydrogen-bond donors (Lipinski definition) is 1. The van der Waals surface area contributed by atoms with Crippen molar-refractivity contribution in [1.82, 2.24) is 9.88 Å². The molecule has 0 atom stereocenters. The summed E-state index contributed by atoms with van der Waals surface area (Å²) in [5, 5.41) is 3.19. The van der Waals surface area contributed by atoms with Gasteiger partial charge < -0.3 is 9.30 Å². The topological polar surface area (TPSA) is 80.6 Å². The van der Waals surface area contributed by atoms with Crippen molar-refractivity contribution in [2.24, 2.45) is 0 Å². The fraction of sp³-hybridized carbons (Fsp3) is 0.174. The van der Waals surface area contributed by atoms with Gasteiger partial charge in [-0.25, -0.2) is 9.69 Å². The molecule has 7 heteroatoms. The smallest absolute Gasteiger partial charge is 0.336 e. The Balaban J connectivity index is 1.82. The Bertz CT molecular complexity index is 1190. The zero-order chi connectivity index (χ0) is 21.3. The largest absolute Gasteiger partial charge is 0.495 e. The number of rotatable bonds is 5. The summed E-state index contributed by atoms with van der Waals surface area (Å²) in [6.45, 7) is 2.90. The van der Waals surface area contributed by atoms with E-state index < -0.39 is 17.8 Å². The zero-order valence-electron chi connectivity index (χ0n) is 16.7. The van der Waals surface area contributed by atoms with E-state index >= 15 is 0 Å². The summed E-state index contributed by atoms with van der Waals surface area (Å²) in [7, 11) is 1.45. The van der Waals surface area contributed by atoms with E-state index in [4.69, 9.17) is 4.74 Å². The molecule has 3 aromatic rings. The molecule has 1 aromatic heterocycles. The number of benzene rings is 2. The lowest BCUT2D eigenvalue weighted by Gasteiger charge is -2.27. The van der Waals surface area contributed by atoms with Crippen LogP contribution in [0.4, 0.5) is 10.5 Å². The summed E-state index contributed by atoms with van der Waals surface area (Å²) >= 11 is 0. The van der Waals surface area contributed by atoms with Gasteiger partial charge in [0.25, 0.3) is 11.8 Å². The van der Waals surface area contributed by atoms with Gasteiger partial charge in [0.15, 0.2) is 0 Å². The van der Waals surface area contributed by atoms with E-state index in [1.54, 1.807) is 30.3 Å². The molecule has 0 saturated carbocycles. The van der Waals surface area contributed by atoms with Gasteiger partial charge in [0.1, 0.15) is 11.3 Å². The average Bonchev–Trinajstić information content (AvgIpc) is 3.09. The van der Waals surface area contributed by atoms with Gasteiger partial charge in [-0.3, -0.25) is 14.9 Å². The highest BCUT2D eigenvalue weighted by Gasteiger charge is 2.38. The zero-order valence-corrected chi connectivity index (χ0v) is 16.7. The Hall–Kier alpha value is -3.87. The maximum absolute atomic E-state index is 13.2. The Morgan fingerprint density at radius 2 is 1.77 bits per heavy atom. The summed E-state index contributed by atoms with van der Waals surface area (Å²) in [6.07, 6.45) is 4.41. The number of nitrogens with zero attached hydrogens (tertiary/aromatic N) is 2. The van der Waals surface area contributed by atoms with E-state index in [0.29, 0.717) is 5.75 Å². The first-order valence-corrected chi connectivity index (χ1v) is 9.67. The third-order valence-electron chi connectivity index (χ3n) is 5.01. The number of carbonyl (C=O) groups excluding carboxylic acids is 3. The van der Waals surface area contributed by atoms with E-state index in [1.165, 1.54) is 7.11 Å². The lowest BCUT2D eigenvalue weighted by atomic mass is 10.1. The molecule has 2 heterocycles. The van der Waals surface area contributed by atoms with Crippen LogP contribution in [0.3, 0.4) is 0 Å². The number of anilines is 1. The van der Waals surface area contributed by atoms with Crippen LogP contribution in [0.25, 0.3) is 17.0 Å². The summed E-state index contributed by atoms with van der Waals surface area (Å²) in [5.74, 6) is -1.06. The van der Waals surface area contributed by atoms with Gasteiger partial charge in [-0.2, -0.15) is 0 Å². The van der Waals surface area contributed by atoms with E-state index in [1.807, 2.05) is 30.5 Å². The van der Waals surface area contributed by atoms with E-state index in [9.17, 15) is 14.4 Å². The van der Waals surface area contributed by atoms with Crippen molar-refractivity contribution in [2.45, 2.75) is 19.9 Å². The second kappa shape index (κ2) is 7.87. The number of imide groups is 2. The van der Waals surface area contributed by atoms with Gasteiger partial charge in [0.2, 0.25) is 0 Å². The van der Waals surface area contributed by atoms with Crippen molar-refractivity contribution >= 4 is 40.5 Å². The molecule has 2 aromatic carbocycles. The standard InChI is InChI=1S/C23H21N3O4/c1-3-12-25-14-15(16-8-4-5-9-18(16)25)13-17-21(27)24-23(29)26(22(17)28)19-10-6-7-11-20(19)30-2/h4-11,13-14H,3,12H2,1-2H3,(H,24,27,29)/b17-13+. The second-order valence-electron chi connectivity index (χ2n) is 6.92. The molecule has 0 unspecified atom stereocenters. The quantitative estimate of drug-likeness (QED) is 0.520. The Labute approximate surface area is 173 Å². The van der Waals surface area contributed by atoms with Crippen LogP contribution in [0.1, 0.15) is 18.9 Å². The predicted molar refractivity (Wildman–Crippen MR) is 114 cm³/mol. The van der Waals surface area contributed by atoms with Crippen LogP contribution in [0.5, 0.6) is 5.75 Å². The van der Waals surface area contributed by atoms with Crippen molar-refractivity contribution in [2.75, 3.05) is 12.0 Å². The number of urea groups is 1. The van der Waals surface area contributed by atoms with Gasteiger partial charge in [-0.05, 0) is 30.7 Å². The van der Waals surface area contributed by atoms with Crippen LogP contribution in [-0.2, 0) is 16.1 Å². The molecule has 1 fully saturated rings. The fourth-order valence-corrected chi connectivity index (χ4v) is 3.66. The van der Waals surface area contributed by atoms with Gasteiger partial charge in [0.05, 0.1) is 12.8 Å². The Kier molecular flexibility index (Phi) is 5.10. The van der Waals surface area contributed by atoms with Gasteiger partial charge in [-0.1, -0.05) is 37.3 Å². The molecule has 0 aliphatic carbocycles. The fourth-order valence-electron chi connectivity index (χ4n) is 3.66. The van der Waals surface area contributed by atoms with Crippen molar-refractivity contribution in [3.63, 3.8) is 0 Å². The van der Waals surface area contributed by atoms with Gasteiger partial charge >= 0.3 is 6.03 Å². The molecule has 30 heavy (non-hydrogen) atoms. The molecule has 1 aliphatic heterocycles. The van der Waals surface area contributed by atoms with Crippen LogP contribution in [-0.4, -0.2) is 29.5 Å². The number of ether oxygens (including phenoxy) is 1. The summed E-state index contributed by atoms with van der Waals surface area (Å²) < 4.78 is 7.38. The Morgan fingerprint density at radius 1 is 1.03 bits per heavy atom. The first-order chi connectivity index (χ1) is 14.5. The van der Waals surface area contributed by atoms with E-state index in [0.717, 1.165) is 34.3 Å². The van der Waals surface area contributed by atoms with Crippen LogP contribution < -0.4 is 15.0 Å². The van der Waals surface area contributed by atoms with Crippen molar-refractivity contribution in [3.05, 3.63) is 65.9 Å². The van der Waals surface area contributed by atoms with Crippen molar-refractivity contribution in [1.29, 1.82) is 0 Å². The number of amides is 4. The Morgan fingerprint density at radius 3 is 2.53 bits per heavy atom. The molecule has 0 spiro atoms. The third kappa shape index (κ3) is 3.24.